The highest BCUT2D eigenvalue weighted by molar-refractivity contribution is 5.85. The van der Waals surface area contributed by atoms with Gasteiger partial charge < -0.3 is 5.11 Å². The van der Waals surface area contributed by atoms with Gasteiger partial charge >= 0.3 is 18.3 Å². The van der Waals surface area contributed by atoms with Crippen molar-refractivity contribution in [2.24, 2.45) is 11.8 Å². The van der Waals surface area contributed by atoms with Crippen LogP contribution in [0.3, 0.4) is 0 Å². The van der Waals surface area contributed by atoms with Gasteiger partial charge in [-0.2, -0.15) is 26.3 Å². The monoisotopic (exact) mass is 475 g/mol. The summed E-state index contributed by atoms with van der Waals surface area (Å²) in [6.45, 7) is 4.25. The zero-order valence-electron chi connectivity index (χ0n) is 17.4. The van der Waals surface area contributed by atoms with Gasteiger partial charge in [0.25, 0.3) is 0 Å². The van der Waals surface area contributed by atoms with Crippen LogP contribution >= 0.6 is 12.4 Å². The van der Waals surface area contributed by atoms with Crippen molar-refractivity contribution in [2.75, 3.05) is 13.1 Å². The topological polar surface area (TPSA) is 40.5 Å². The van der Waals surface area contributed by atoms with Crippen LogP contribution in [0.4, 0.5) is 26.3 Å². The van der Waals surface area contributed by atoms with Crippen molar-refractivity contribution < 1.29 is 36.2 Å². The molecule has 0 spiro atoms. The van der Waals surface area contributed by atoms with Crippen molar-refractivity contribution in [1.82, 2.24) is 4.90 Å². The summed E-state index contributed by atoms with van der Waals surface area (Å²) in [7, 11) is 0. The average Bonchev–Trinajstić information content (AvgIpc) is 2.64. The van der Waals surface area contributed by atoms with Gasteiger partial charge in [-0.3, -0.25) is 9.69 Å². The third-order valence-electron chi connectivity index (χ3n) is 6.02. The maximum atomic E-state index is 13.2. The smallest absolute Gasteiger partial charge is 0.416 e. The molecule has 31 heavy (non-hydrogen) atoms. The molecule has 0 aromatic heterocycles. The SMILES string of the molecule is CCN(CC1CCCCC1CC(=O)O)C(C)c1cc(C(F)(F)F)cc(C(F)(F)F)c1.Cl. The van der Waals surface area contributed by atoms with Crippen molar-refractivity contribution >= 4 is 18.4 Å². The molecule has 178 valence electrons. The molecule has 3 unspecified atom stereocenters. The number of hydrogen-bond acceptors (Lipinski definition) is 2. The number of halogens is 7. The van der Waals surface area contributed by atoms with Crippen LogP contribution in [0.15, 0.2) is 18.2 Å². The van der Waals surface area contributed by atoms with Crippen LogP contribution in [0.1, 0.15) is 68.7 Å². The number of rotatable bonds is 7. The second-order valence-electron chi connectivity index (χ2n) is 8.01. The number of carboxylic acid groups (broad SMARTS) is 1. The summed E-state index contributed by atoms with van der Waals surface area (Å²) in [5, 5.41) is 9.15. The Morgan fingerprint density at radius 3 is 1.94 bits per heavy atom. The summed E-state index contributed by atoms with van der Waals surface area (Å²) in [4.78, 5) is 13.0. The molecule has 1 fully saturated rings. The predicted molar refractivity (Wildman–Crippen MR) is 107 cm³/mol. The zero-order chi connectivity index (χ0) is 22.7. The molecule has 0 radical (unpaired) electrons. The van der Waals surface area contributed by atoms with Crippen molar-refractivity contribution in [2.45, 2.75) is 64.3 Å². The molecule has 0 heterocycles. The van der Waals surface area contributed by atoms with Crippen LogP contribution in [0.2, 0.25) is 0 Å². The lowest BCUT2D eigenvalue weighted by Crippen LogP contribution is -2.37. The molecule has 0 amide bonds. The van der Waals surface area contributed by atoms with Gasteiger partial charge in [0.15, 0.2) is 0 Å². The molecule has 1 aliphatic rings. The second kappa shape index (κ2) is 10.9. The lowest BCUT2D eigenvalue weighted by atomic mass is 9.77. The standard InChI is InChI=1S/C21H27F6NO2.ClH/c1-3-28(12-15-7-5-4-6-14(15)10-19(29)30)13(2)16-8-17(20(22,23)24)11-18(9-16)21(25,26)27;/h8-9,11,13-15H,3-7,10,12H2,1-2H3,(H,29,30);1H. The first-order valence-electron chi connectivity index (χ1n) is 10.1. The first-order chi connectivity index (χ1) is 13.8. The molecule has 0 aliphatic heterocycles. The Morgan fingerprint density at radius 1 is 1.03 bits per heavy atom. The van der Waals surface area contributed by atoms with E-state index in [0.717, 1.165) is 37.8 Å². The van der Waals surface area contributed by atoms with Crippen LogP contribution in [0.25, 0.3) is 0 Å². The molecule has 1 saturated carbocycles. The van der Waals surface area contributed by atoms with E-state index in [1.54, 1.807) is 13.8 Å². The maximum absolute atomic E-state index is 13.2. The molecule has 2 rings (SSSR count). The summed E-state index contributed by atoms with van der Waals surface area (Å²) >= 11 is 0. The van der Waals surface area contributed by atoms with Crippen LogP contribution in [0, 0.1) is 11.8 Å². The van der Waals surface area contributed by atoms with E-state index in [0.29, 0.717) is 13.1 Å². The van der Waals surface area contributed by atoms with Gasteiger partial charge in [-0.05, 0) is 61.9 Å². The molecular formula is C21H28ClF6NO2. The van der Waals surface area contributed by atoms with E-state index in [4.69, 9.17) is 5.11 Å². The van der Waals surface area contributed by atoms with Crippen molar-refractivity contribution in [3.05, 3.63) is 34.9 Å². The zero-order valence-corrected chi connectivity index (χ0v) is 18.2. The van der Waals surface area contributed by atoms with E-state index >= 15 is 0 Å². The van der Waals surface area contributed by atoms with Gasteiger partial charge in [-0.25, -0.2) is 0 Å². The Kier molecular flexibility index (Phi) is 9.69. The summed E-state index contributed by atoms with van der Waals surface area (Å²) < 4.78 is 79.1. The number of benzene rings is 1. The fraction of sp³-hybridized carbons (Fsp3) is 0.667. The minimum Gasteiger partial charge on any atom is -0.481 e. The number of alkyl halides is 6. The number of aliphatic carboxylic acids is 1. The molecule has 1 N–H and O–H groups in total. The van der Waals surface area contributed by atoms with E-state index in [9.17, 15) is 31.1 Å². The Hall–Kier alpha value is -1.48. The van der Waals surface area contributed by atoms with Crippen LogP contribution in [-0.2, 0) is 17.1 Å². The Labute approximate surface area is 184 Å². The number of carbonyl (C=O) groups is 1. The molecule has 1 aliphatic carbocycles. The normalized spacial score (nSPS) is 20.9. The van der Waals surface area contributed by atoms with Gasteiger partial charge in [0.1, 0.15) is 0 Å². The maximum Gasteiger partial charge on any atom is 0.416 e. The molecule has 3 nitrogen and oxygen atoms in total. The van der Waals surface area contributed by atoms with Crippen molar-refractivity contribution in [3.8, 4) is 0 Å². The molecule has 0 saturated heterocycles. The van der Waals surface area contributed by atoms with E-state index in [2.05, 4.69) is 0 Å². The highest BCUT2D eigenvalue weighted by atomic mass is 35.5. The van der Waals surface area contributed by atoms with Gasteiger partial charge in [0, 0.05) is 19.0 Å². The summed E-state index contributed by atoms with van der Waals surface area (Å²) in [6, 6.07) is 1.01. The highest BCUT2D eigenvalue weighted by Crippen LogP contribution is 2.39. The lowest BCUT2D eigenvalue weighted by Gasteiger charge is -2.37. The molecular weight excluding hydrogens is 448 g/mol. The average molecular weight is 476 g/mol. The number of nitrogens with zero attached hydrogens (tertiary/aromatic N) is 1. The molecule has 3 atom stereocenters. The largest absolute Gasteiger partial charge is 0.481 e. The molecule has 0 bridgehead atoms. The summed E-state index contributed by atoms with van der Waals surface area (Å²) in [5.74, 6) is -0.884. The molecule has 10 heteroatoms. The second-order valence-corrected chi connectivity index (χ2v) is 8.01. The lowest BCUT2D eigenvalue weighted by molar-refractivity contribution is -0.143. The first-order valence-corrected chi connectivity index (χ1v) is 10.1. The third kappa shape index (κ3) is 7.56. The fourth-order valence-corrected chi connectivity index (χ4v) is 4.31. The van der Waals surface area contributed by atoms with Crippen LogP contribution in [-0.4, -0.2) is 29.1 Å². The molecule has 1 aromatic rings. The van der Waals surface area contributed by atoms with E-state index in [1.165, 1.54) is 0 Å². The predicted octanol–water partition coefficient (Wildman–Crippen LogP) is 6.81. The fourth-order valence-electron chi connectivity index (χ4n) is 4.31. The minimum atomic E-state index is -4.89. The minimum absolute atomic E-state index is 0. The van der Waals surface area contributed by atoms with Gasteiger partial charge in [-0.15, -0.1) is 12.4 Å². The van der Waals surface area contributed by atoms with Crippen molar-refractivity contribution in [3.63, 3.8) is 0 Å². The van der Waals surface area contributed by atoms with Gasteiger partial charge in [0.2, 0.25) is 0 Å². The Balaban J connectivity index is 0.00000480. The Bertz CT molecular complexity index is 705. The van der Waals surface area contributed by atoms with Crippen LogP contribution < -0.4 is 0 Å². The van der Waals surface area contributed by atoms with Crippen molar-refractivity contribution in [1.29, 1.82) is 0 Å². The molecule has 1 aromatic carbocycles. The first kappa shape index (κ1) is 27.6. The summed E-state index contributed by atoms with van der Waals surface area (Å²) in [5.41, 5.74) is -2.70. The number of carboxylic acids is 1. The number of hydrogen-bond donors (Lipinski definition) is 1. The van der Waals surface area contributed by atoms with E-state index < -0.39 is 35.5 Å². The van der Waals surface area contributed by atoms with E-state index in [1.807, 2.05) is 4.90 Å². The van der Waals surface area contributed by atoms with Gasteiger partial charge in [-0.1, -0.05) is 19.8 Å². The van der Waals surface area contributed by atoms with E-state index in [-0.39, 0.29) is 42.3 Å². The van der Waals surface area contributed by atoms with Gasteiger partial charge in [0.05, 0.1) is 11.1 Å². The summed E-state index contributed by atoms with van der Waals surface area (Å²) in [6.07, 6.45) is -6.31. The third-order valence-corrected chi connectivity index (χ3v) is 6.02. The van der Waals surface area contributed by atoms with Crippen LogP contribution in [0.5, 0.6) is 0 Å². The quantitative estimate of drug-likeness (QED) is 0.440. The highest BCUT2D eigenvalue weighted by Gasteiger charge is 2.38. The Morgan fingerprint density at radius 2 is 1.52 bits per heavy atom.